The molecule has 1 fully saturated rings. The molecular weight excluding hydrogens is 220 g/mol. The smallest absolute Gasteiger partial charge is 0.0333 e. The zero-order valence-corrected chi connectivity index (χ0v) is 11.6. The van der Waals surface area contributed by atoms with Gasteiger partial charge in [0.1, 0.15) is 0 Å². The number of nitrogens with one attached hydrogen (secondary N) is 1. The quantitative estimate of drug-likeness (QED) is 0.838. The SMILES string of the molecule is CC1CCC(NCC(C)C(N)c2ccccc2)C1. The molecule has 0 aliphatic heterocycles. The van der Waals surface area contributed by atoms with Gasteiger partial charge in [0, 0.05) is 12.1 Å². The Kier molecular flexibility index (Phi) is 4.79. The van der Waals surface area contributed by atoms with Crippen LogP contribution in [-0.2, 0) is 0 Å². The average molecular weight is 246 g/mol. The Bertz CT molecular complexity index is 349. The van der Waals surface area contributed by atoms with Crippen LogP contribution in [0.3, 0.4) is 0 Å². The van der Waals surface area contributed by atoms with Crippen LogP contribution >= 0.6 is 0 Å². The van der Waals surface area contributed by atoms with Crippen molar-refractivity contribution in [2.45, 2.75) is 45.2 Å². The maximum atomic E-state index is 6.31. The summed E-state index contributed by atoms with van der Waals surface area (Å²) in [5.41, 5.74) is 7.55. The van der Waals surface area contributed by atoms with Gasteiger partial charge in [-0.15, -0.1) is 0 Å². The first-order chi connectivity index (χ1) is 8.66. The summed E-state index contributed by atoms with van der Waals surface area (Å²) in [5.74, 6) is 1.36. The summed E-state index contributed by atoms with van der Waals surface area (Å²) in [7, 11) is 0. The molecule has 1 aliphatic rings. The van der Waals surface area contributed by atoms with E-state index in [4.69, 9.17) is 5.73 Å². The Hall–Kier alpha value is -0.860. The predicted molar refractivity (Wildman–Crippen MR) is 77.3 cm³/mol. The highest BCUT2D eigenvalue weighted by molar-refractivity contribution is 5.19. The molecule has 3 N–H and O–H groups in total. The summed E-state index contributed by atoms with van der Waals surface area (Å²) in [6.07, 6.45) is 4.03. The maximum absolute atomic E-state index is 6.31. The van der Waals surface area contributed by atoms with Gasteiger partial charge in [0.25, 0.3) is 0 Å². The zero-order valence-electron chi connectivity index (χ0n) is 11.6. The zero-order chi connectivity index (χ0) is 13.0. The molecule has 0 bridgehead atoms. The van der Waals surface area contributed by atoms with Crippen LogP contribution in [0.25, 0.3) is 0 Å². The van der Waals surface area contributed by atoms with Crippen LogP contribution in [0, 0.1) is 11.8 Å². The van der Waals surface area contributed by atoms with E-state index >= 15 is 0 Å². The highest BCUT2D eigenvalue weighted by Gasteiger charge is 2.22. The van der Waals surface area contributed by atoms with E-state index in [0.29, 0.717) is 12.0 Å². The highest BCUT2D eigenvalue weighted by Crippen LogP contribution is 2.25. The van der Waals surface area contributed by atoms with Crippen molar-refractivity contribution in [1.29, 1.82) is 0 Å². The normalized spacial score (nSPS) is 27.1. The molecule has 1 aliphatic carbocycles. The van der Waals surface area contributed by atoms with Gasteiger partial charge in [0.05, 0.1) is 0 Å². The Morgan fingerprint density at radius 1 is 1.28 bits per heavy atom. The average Bonchev–Trinajstić information content (AvgIpc) is 2.82. The van der Waals surface area contributed by atoms with Crippen LogP contribution in [0.4, 0.5) is 0 Å². The molecular formula is C16H26N2. The monoisotopic (exact) mass is 246 g/mol. The van der Waals surface area contributed by atoms with E-state index in [1.165, 1.54) is 24.8 Å². The van der Waals surface area contributed by atoms with E-state index in [9.17, 15) is 0 Å². The number of nitrogens with two attached hydrogens (primary N) is 1. The van der Waals surface area contributed by atoms with Crippen LogP contribution in [0.5, 0.6) is 0 Å². The number of benzene rings is 1. The Morgan fingerprint density at radius 3 is 2.61 bits per heavy atom. The summed E-state index contributed by atoms with van der Waals surface area (Å²) >= 11 is 0. The van der Waals surface area contributed by atoms with Crippen LogP contribution < -0.4 is 11.1 Å². The van der Waals surface area contributed by atoms with Gasteiger partial charge in [-0.3, -0.25) is 0 Å². The van der Waals surface area contributed by atoms with E-state index in [0.717, 1.165) is 12.5 Å². The molecule has 2 rings (SSSR count). The third-order valence-electron chi connectivity index (χ3n) is 4.22. The van der Waals surface area contributed by atoms with Crippen LogP contribution in [0.15, 0.2) is 30.3 Å². The second-order valence-electron chi connectivity index (χ2n) is 5.94. The number of hydrogen-bond donors (Lipinski definition) is 2. The Morgan fingerprint density at radius 2 is 2.00 bits per heavy atom. The van der Waals surface area contributed by atoms with Crippen molar-refractivity contribution in [1.82, 2.24) is 5.32 Å². The summed E-state index contributed by atoms with van der Waals surface area (Å²) in [5, 5.41) is 3.68. The highest BCUT2D eigenvalue weighted by atomic mass is 14.9. The first kappa shape index (κ1) is 13.6. The van der Waals surface area contributed by atoms with Crippen molar-refractivity contribution in [2.75, 3.05) is 6.54 Å². The van der Waals surface area contributed by atoms with Gasteiger partial charge < -0.3 is 11.1 Å². The van der Waals surface area contributed by atoms with Crippen molar-refractivity contribution in [2.24, 2.45) is 17.6 Å². The van der Waals surface area contributed by atoms with Gasteiger partial charge in [-0.2, -0.15) is 0 Å². The van der Waals surface area contributed by atoms with Crippen molar-refractivity contribution in [3.8, 4) is 0 Å². The van der Waals surface area contributed by atoms with Crippen molar-refractivity contribution < 1.29 is 0 Å². The molecule has 0 heterocycles. The van der Waals surface area contributed by atoms with Gasteiger partial charge in [0.2, 0.25) is 0 Å². The van der Waals surface area contributed by atoms with Gasteiger partial charge in [-0.05, 0) is 43.2 Å². The third kappa shape index (κ3) is 3.56. The summed E-state index contributed by atoms with van der Waals surface area (Å²) < 4.78 is 0. The largest absolute Gasteiger partial charge is 0.324 e. The minimum absolute atomic E-state index is 0.137. The topological polar surface area (TPSA) is 38.0 Å². The fourth-order valence-electron chi connectivity index (χ4n) is 2.88. The molecule has 1 aromatic rings. The Balaban J connectivity index is 1.79. The Labute approximate surface area is 111 Å². The third-order valence-corrected chi connectivity index (χ3v) is 4.22. The minimum atomic E-state index is 0.137. The molecule has 100 valence electrons. The molecule has 1 saturated carbocycles. The van der Waals surface area contributed by atoms with Crippen molar-refractivity contribution >= 4 is 0 Å². The first-order valence-corrected chi connectivity index (χ1v) is 7.20. The summed E-state index contributed by atoms with van der Waals surface area (Å²) in [6, 6.07) is 11.3. The van der Waals surface area contributed by atoms with E-state index in [1.807, 2.05) is 6.07 Å². The molecule has 0 amide bonds. The molecule has 18 heavy (non-hydrogen) atoms. The van der Waals surface area contributed by atoms with Gasteiger partial charge in [-0.25, -0.2) is 0 Å². The first-order valence-electron chi connectivity index (χ1n) is 7.20. The minimum Gasteiger partial charge on any atom is -0.324 e. The summed E-state index contributed by atoms with van der Waals surface area (Å²) in [4.78, 5) is 0. The van der Waals surface area contributed by atoms with E-state index in [2.05, 4.69) is 43.4 Å². The maximum Gasteiger partial charge on any atom is 0.0333 e. The van der Waals surface area contributed by atoms with Crippen LogP contribution in [-0.4, -0.2) is 12.6 Å². The van der Waals surface area contributed by atoms with E-state index in [-0.39, 0.29) is 6.04 Å². The molecule has 2 nitrogen and oxygen atoms in total. The van der Waals surface area contributed by atoms with Crippen molar-refractivity contribution in [3.05, 3.63) is 35.9 Å². The molecule has 4 atom stereocenters. The fourth-order valence-corrected chi connectivity index (χ4v) is 2.88. The van der Waals surface area contributed by atoms with Gasteiger partial charge in [0.15, 0.2) is 0 Å². The number of hydrogen-bond acceptors (Lipinski definition) is 2. The molecule has 1 aromatic carbocycles. The van der Waals surface area contributed by atoms with Crippen LogP contribution in [0.1, 0.15) is 44.7 Å². The molecule has 4 unspecified atom stereocenters. The van der Waals surface area contributed by atoms with E-state index < -0.39 is 0 Å². The van der Waals surface area contributed by atoms with Crippen LogP contribution in [0.2, 0.25) is 0 Å². The van der Waals surface area contributed by atoms with Gasteiger partial charge >= 0.3 is 0 Å². The lowest BCUT2D eigenvalue weighted by Gasteiger charge is -2.23. The molecule has 0 aromatic heterocycles. The standard InChI is InChI=1S/C16H26N2/c1-12-8-9-15(10-12)18-11-13(2)16(17)14-6-4-3-5-7-14/h3-7,12-13,15-16,18H,8-11,17H2,1-2H3. The lowest BCUT2D eigenvalue weighted by molar-refractivity contribution is 0.395. The molecule has 0 saturated heterocycles. The predicted octanol–water partition coefficient (Wildman–Crippen LogP) is 3.10. The molecule has 0 radical (unpaired) electrons. The fraction of sp³-hybridized carbons (Fsp3) is 0.625. The van der Waals surface area contributed by atoms with Crippen molar-refractivity contribution in [3.63, 3.8) is 0 Å². The molecule has 0 spiro atoms. The summed E-state index contributed by atoms with van der Waals surface area (Å²) in [6.45, 7) is 5.61. The second kappa shape index (κ2) is 6.35. The van der Waals surface area contributed by atoms with E-state index in [1.54, 1.807) is 0 Å². The molecule has 2 heteroatoms. The number of rotatable bonds is 5. The lowest BCUT2D eigenvalue weighted by atomic mass is 9.95. The second-order valence-corrected chi connectivity index (χ2v) is 5.94. The van der Waals surface area contributed by atoms with Gasteiger partial charge in [-0.1, -0.05) is 44.2 Å². The lowest BCUT2D eigenvalue weighted by Crippen LogP contribution is -2.34.